The van der Waals surface area contributed by atoms with Crippen molar-refractivity contribution in [1.82, 2.24) is 9.97 Å². The molecule has 2 heterocycles. The molecule has 98 valence electrons. The molecule has 0 saturated carbocycles. The number of thiophene rings is 1. The Balaban J connectivity index is 2.00. The van der Waals surface area contributed by atoms with Gasteiger partial charge in [-0.2, -0.15) is 11.8 Å². The minimum atomic E-state index is 0.819. The Morgan fingerprint density at radius 1 is 1.44 bits per heavy atom. The van der Waals surface area contributed by atoms with E-state index in [4.69, 9.17) is 4.74 Å². The van der Waals surface area contributed by atoms with Gasteiger partial charge in [0.2, 0.25) is 0 Å². The first-order chi connectivity index (χ1) is 8.85. The number of rotatable bonds is 7. The lowest BCUT2D eigenvalue weighted by Gasteiger charge is -2.05. The summed E-state index contributed by atoms with van der Waals surface area (Å²) < 4.78 is 5.02. The van der Waals surface area contributed by atoms with E-state index in [1.807, 2.05) is 18.8 Å². The van der Waals surface area contributed by atoms with Gasteiger partial charge in [-0.25, -0.2) is 9.97 Å². The van der Waals surface area contributed by atoms with Crippen LogP contribution in [0.2, 0.25) is 0 Å². The van der Waals surface area contributed by atoms with Crippen LogP contribution < -0.4 is 5.32 Å². The summed E-state index contributed by atoms with van der Waals surface area (Å²) in [6.45, 7) is 0.819. The quantitative estimate of drug-likeness (QED) is 0.792. The van der Waals surface area contributed by atoms with Crippen molar-refractivity contribution in [3.8, 4) is 0 Å². The fourth-order valence-corrected chi connectivity index (χ4v) is 3.18. The number of nitrogens with zero attached hydrogens (tertiary/aromatic N) is 2. The van der Waals surface area contributed by atoms with Gasteiger partial charge in [0.25, 0.3) is 0 Å². The number of nitrogens with one attached hydrogen (secondary N) is 1. The van der Waals surface area contributed by atoms with Crippen LogP contribution in [-0.2, 0) is 10.5 Å². The summed E-state index contributed by atoms with van der Waals surface area (Å²) in [4.78, 5) is 10.2. The summed E-state index contributed by atoms with van der Waals surface area (Å²) in [5.41, 5.74) is 0. The summed E-state index contributed by atoms with van der Waals surface area (Å²) in [5.74, 6) is 3.76. The van der Waals surface area contributed by atoms with Gasteiger partial charge in [0, 0.05) is 20.8 Å². The molecule has 4 nitrogen and oxygen atoms in total. The van der Waals surface area contributed by atoms with Gasteiger partial charge in [-0.15, -0.1) is 11.3 Å². The predicted molar refractivity (Wildman–Crippen MR) is 79.6 cm³/mol. The number of fused-ring (bicyclic) bond motifs is 1. The maximum Gasteiger partial charge on any atom is 0.142 e. The van der Waals surface area contributed by atoms with Crippen molar-refractivity contribution in [3.05, 3.63) is 17.3 Å². The highest BCUT2D eigenvalue weighted by molar-refractivity contribution is 7.98. The minimum Gasteiger partial charge on any atom is -0.385 e. The molecule has 2 aromatic rings. The summed E-state index contributed by atoms with van der Waals surface area (Å²) in [6, 6.07) is 2.06. The third-order valence-electron chi connectivity index (χ3n) is 2.48. The maximum atomic E-state index is 5.02. The van der Waals surface area contributed by atoms with Gasteiger partial charge in [0.15, 0.2) is 0 Å². The minimum absolute atomic E-state index is 0.819. The third-order valence-corrected chi connectivity index (χ3v) is 4.32. The Morgan fingerprint density at radius 2 is 2.33 bits per heavy atom. The topological polar surface area (TPSA) is 47.0 Å². The fraction of sp³-hybridized carbons (Fsp3) is 0.500. The fourth-order valence-electron chi connectivity index (χ4n) is 1.62. The highest BCUT2D eigenvalue weighted by Crippen LogP contribution is 2.25. The van der Waals surface area contributed by atoms with Gasteiger partial charge in [-0.3, -0.25) is 0 Å². The zero-order valence-corrected chi connectivity index (χ0v) is 12.2. The summed E-state index contributed by atoms with van der Waals surface area (Å²) in [6.07, 6.45) is 1.07. The van der Waals surface area contributed by atoms with E-state index in [1.165, 1.54) is 0 Å². The van der Waals surface area contributed by atoms with E-state index >= 15 is 0 Å². The van der Waals surface area contributed by atoms with Crippen molar-refractivity contribution in [2.24, 2.45) is 0 Å². The smallest absolute Gasteiger partial charge is 0.142 e. The third kappa shape index (κ3) is 3.34. The lowest BCUT2D eigenvalue weighted by atomic mass is 10.4. The van der Waals surface area contributed by atoms with Gasteiger partial charge in [-0.1, -0.05) is 0 Å². The molecule has 18 heavy (non-hydrogen) atoms. The Hall–Kier alpha value is -0.850. The van der Waals surface area contributed by atoms with Crippen LogP contribution in [0, 0.1) is 0 Å². The standard InChI is InChI=1S/C12H17N3OS2/c1-13-11-9-4-7-18-12(9)15-10(14-11)8-17-6-3-5-16-2/h4,7H,3,5-6,8H2,1-2H3,(H,13,14,15). The first kappa shape index (κ1) is 13.6. The van der Waals surface area contributed by atoms with Gasteiger partial charge in [0.05, 0.1) is 11.1 Å². The maximum absolute atomic E-state index is 5.02. The zero-order chi connectivity index (χ0) is 12.8. The number of methoxy groups -OCH3 is 1. The molecule has 0 bridgehead atoms. The summed E-state index contributed by atoms with van der Waals surface area (Å²) >= 11 is 3.51. The van der Waals surface area contributed by atoms with Crippen LogP contribution >= 0.6 is 23.1 Å². The molecule has 0 radical (unpaired) electrons. The van der Waals surface area contributed by atoms with Crippen molar-refractivity contribution in [2.75, 3.05) is 31.8 Å². The average Bonchev–Trinajstić information content (AvgIpc) is 2.85. The summed E-state index contributed by atoms with van der Waals surface area (Å²) in [5, 5.41) is 6.29. The van der Waals surface area contributed by atoms with Crippen molar-refractivity contribution in [2.45, 2.75) is 12.2 Å². The predicted octanol–water partition coefficient (Wildman–Crippen LogP) is 3.00. The number of thioether (sulfide) groups is 1. The van der Waals surface area contributed by atoms with Crippen LogP contribution in [0.15, 0.2) is 11.4 Å². The van der Waals surface area contributed by atoms with Crippen LogP contribution in [0.4, 0.5) is 5.82 Å². The zero-order valence-electron chi connectivity index (χ0n) is 10.6. The number of hydrogen-bond acceptors (Lipinski definition) is 6. The average molecular weight is 283 g/mol. The second-order valence-corrected chi connectivity index (χ2v) is 5.78. The van der Waals surface area contributed by atoms with E-state index in [2.05, 4.69) is 26.7 Å². The molecular formula is C12H17N3OS2. The second kappa shape index (κ2) is 6.92. The van der Waals surface area contributed by atoms with Crippen LogP contribution in [0.3, 0.4) is 0 Å². The monoisotopic (exact) mass is 283 g/mol. The van der Waals surface area contributed by atoms with Crippen LogP contribution in [0.25, 0.3) is 10.2 Å². The first-order valence-corrected chi connectivity index (χ1v) is 7.87. The van der Waals surface area contributed by atoms with E-state index in [0.717, 1.165) is 46.4 Å². The van der Waals surface area contributed by atoms with E-state index in [0.29, 0.717) is 0 Å². The summed E-state index contributed by atoms with van der Waals surface area (Å²) in [7, 11) is 3.63. The molecule has 0 aromatic carbocycles. The number of hydrogen-bond donors (Lipinski definition) is 1. The molecular weight excluding hydrogens is 266 g/mol. The van der Waals surface area contributed by atoms with Gasteiger partial charge >= 0.3 is 0 Å². The highest BCUT2D eigenvalue weighted by Gasteiger charge is 2.07. The Kier molecular flexibility index (Phi) is 5.22. The molecule has 0 aliphatic heterocycles. The second-order valence-electron chi connectivity index (χ2n) is 3.78. The van der Waals surface area contributed by atoms with Crippen LogP contribution in [0.5, 0.6) is 0 Å². The van der Waals surface area contributed by atoms with E-state index < -0.39 is 0 Å². The first-order valence-electron chi connectivity index (χ1n) is 5.83. The van der Waals surface area contributed by atoms with Crippen LogP contribution in [-0.4, -0.2) is 36.5 Å². The van der Waals surface area contributed by atoms with Crippen molar-refractivity contribution in [1.29, 1.82) is 0 Å². The van der Waals surface area contributed by atoms with Gasteiger partial charge in [-0.05, 0) is 23.6 Å². The molecule has 0 amide bonds. The normalized spacial score (nSPS) is 11.0. The molecule has 6 heteroatoms. The Morgan fingerprint density at radius 3 is 3.11 bits per heavy atom. The van der Waals surface area contributed by atoms with Crippen molar-refractivity contribution < 1.29 is 4.74 Å². The Labute approximate surface area is 115 Å². The molecule has 2 rings (SSSR count). The Bertz CT molecular complexity index is 501. The van der Waals surface area contributed by atoms with Crippen LogP contribution in [0.1, 0.15) is 12.2 Å². The SMILES string of the molecule is CNc1nc(CSCCCOC)nc2sccc12. The van der Waals surface area contributed by atoms with Crippen molar-refractivity contribution in [3.63, 3.8) is 0 Å². The molecule has 0 atom stereocenters. The largest absolute Gasteiger partial charge is 0.385 e. The molecule has 2 aromatic heterocycles. The molecule has 0 unspecified atom stereocenters. The molecule has 0 aliphatic carbocycles. The number of ether oxygens (including phenoxy) is 1. The molecule has 1 N–H and O–H groups in total. The molecule has 0 saturated heterocycles. The van der Waals surface area contributed by atoms with Gasteiger partial charge in [0.1, 0.15) is 16.5 Å². The van der Waals surface area contributed by atoms with E-state index in [9.17, 15) is 0 Å². The molecule has 0 fully saturated rings. The number of anilines is 1. The molecule has 0 aliphatic rings. The highest BCUT2D eigenvalue weighted by atomic mass is 32.2. The lowest BCUT2D eigenvalue weighted by Crippen LogP contribution is -2.00. The number of aromatic nitrogens is 2. The van der Waals surface area contributed by atoms with E-state index in [-0.39, 0.29) is 0 Å². The van der Waals surface area contributed by atoms with E-state index in [1.54, 1.807) is 18.4 Å². The van der Waals surface area contributed by atoms with Crippen molar-refractivity contribution >= 4 is 39.1 Å². The lowest BCUT2D eigenvalue weighted by molar-refractivity contribution is 0.200. The molecule has 0 spiro atoms. The van der Waals surface area contributed by atoms with Gasteiger partial charge < -0.3 is 10.1 Å².